The van der Waals surface area contributed by atoms with Gasteiger partial charge in [0.2, 0.25) is 0 Å². The number of aliphatic hydroxyl groups is 1. The second-order valence-corrected chi connectivity index (χ2v) is 7.69. The highest BCUT2D eigenvalue weighted by molar-refractivity contribution is 7.91. The van der Waals surface area contributed by atoms with E-state index in [-0.39, 0.29) is 17.3 Å². The first kappa shape index (κ1) is 15.0. The summed E-state index contributed by atoms with van der Waals surface area (Å²) in [6.45, 7) is 2.25. The van der Waals surface area contributed by atoms with E-state index in [0.29, 0.717) is 6.54 Å². The minimum absolute atomic E-state index is 0.228. The molecule has 0 amide bonds. The lowest BCUT2D eigenvalue weighted by atomic mass is 10.3. The Balaban J connectivity index is 2.01. The van der Waals surface area contributed by atoms with E-state index in [2.05, 4.69) is 10.3 Å². The largest absolute Gasteiger partial charge is 0.395 e. The van der Waals surface area contributed by atoms with Gasteiger partial charge in [-0.05, 0) is 31.2 Å². The fourth-order valence-electron chi connectivity index (χ4n) is 1.69. The number of aryl methyl sites for hydroxylation is 1. The Morgan fingerprint density at radius 2 is 2.00 bits per heavy atom. The van der Waals surface area contributed by atoms with Gasteiger partial charge < -0.3 is 10.4 Å². The fraction of sp³-hybridized carbons (Fsp3) is 0.308. The summed E-state index contributed by atoms with van der Waals surface area (Å²) in [5.41, 5.74) is 0.846. The quantitative estimate of drug-likeness (QED) is 0.850. The number of nitrogens with zero attached hydrogens (tertiary/aromatic N) is 1. The maximum atomic E-state index is 11.7. The summed E-state index contributed by atoms with van der Waals surface area (Å²) >= 11 is 1.62. The number of hydrogen-bond acceptors (Lipinski definition) is 6. The van der Waals surface area contributed by atoms with Crippen LogP contribution in [0.4, 0.5) is 5.69 Å². The van der Waals surface area contributed by atoms with Crippen LogP contribution in [-0.4, -0.2) is 30.9 Å². The van der Waals surface area contributed by atoms with E-state index in [9.17, 15) is 8.42 Å². The number of thiazole rings is 1. The summed E-state index contributed by atoms with van der Waals surface area (Å²) in [7, 11) is -3.38. The number of sulfone groups is 1. The Labute approximate surface area is 122 Å². The minimum Gasteiger partial charge on any atom is -0.395 e. The lowest BCUT2D eigenvalue weighted by Crippen LogP contribution is -2.10. The lowest BCUT2D eigenvalue weighted by molar-refractivity contribution is 0.319. The van der Waals surface area contributed by atoms with Crippen molar-refractivity contribution in [2.24, 2.45) is 0 Å². The van der Waals surface area contributed by atoms with Crippen LogP contribution in [0.15, 0.2) is 35.4 Å². The number of aromatic nitrogens is 1. The number of rotatable bonds is 6. The summed E-state index contributed by atoms with van der Waals surface area (Å²) in [5, 5.41) is 13.0. The fourth-order valence-corrected chi connectivity index (χ4v) is 3.46. The number of hydrogen-bond donors (Lipinski definition) is 2. The highest BCUT2D eigenvalue weighted by Gasteiger charge is 2.12. The van der Waals surface area contributed by atoms with Crippen molar-refractivity contribution in [2.45, 2.75) is 18.4 Å². The van der Waals surface area contributed by atoms with Crippen LogP contribution in [0.2, 0.25) is 0 Å². The van der Waals surface area contributed by atoms with Crippen LogP contribution in [0, 0.1) is 6.92 Å². The zero-order valence-electron chi connectivity index (χ0n) is 11.0. The van der Waals surface area contributed by atoms with Gasteiger partial charge in [0.25, 0.3) is 0 Å². The van der Waals surface area contributed by atoms with Crippen LogP contribution in [0.3, 0.4) is 0 Å². The van der Waals surface area contributed by atoms with Crippen molar-refractivity contribution in [3.8, 4) is 0 Å². The predicted molar refractivity (Wildman–Crippen MR) is 79.8 cm³/mol. The van der Waals surface area contributed by atoms with Gasteiger partial charge in [0, 0.05) is 16.8 Å². The van der Waals surface area contributed by atoms with Crippen LogP contribution in [0.25, 0.3) is 0 Å². The van der Waals surface area contributed by atoms with Gasteiger partial charge in [0.05, 0.1) is 28.8 Å². The van der Waals surface area contributed by atoms with E-state index in [4.69, 9.17) is 5.11 Å². The number of aliphatic hydroxyl groups excluding tert-OH is 1. The molecule has 0 saturated heterocycles. The second kappa shape index (κ2) is 6.34. The van der Waals surface area contributed by atoms with E-state index in [1.165, 1.54) is 0 Å². The summed E-state index contributed by atoms with van der Waals surface area (Å²) in [5.74, 6) is -0.250. The summed E-state index contributed by atoms with van der Waals surface area (Å²) in [4.78, 5) is 5.52. The highest BCUT2D eigenvalue weighted by atomic mass is 32.2. The molecule has 0 unspecified atom stereocenters. The van der Waals surface area contributed by atoms with Crippen LogP contribution in [0.1, 0.15) is 9.88 Å². The molecule has 20 heavy (non-hydrogen) atoms. The van der Waals surface area contributed by atoms with Gasteiger partial charge in [0.15, 0.2) is 9.84 Å². The van der Waals surface area contributed by atoms with Crippen molar-refractivity contribution in [1.82, 2.24) is 4.98 Å². The molecule has 0 aliphatic heterocycles. The maximum absolute atomic E-state index is 11.7. The molecule has 108 valence electrons. The van der Waals surface area contributed by atoms with Crippen molar-refractivity contribution < 1.29 is 13.5 Å². The summed E-state index contributed by atoms with van der Waals surface area (Å²) < 4.78 is 23.5. The van der Waals surface area contributed by atoms with Crippen molar-refractivity contribution >= 4 is 26.9 Å². The molecule has 2 aromatic rings. The van der Waals surface area contributed by atoms with Gasteiger partial charge >= 0.3 is 0 Å². The molecule has 0 aliphatic carbocycles. The van der Waals surface area contributed by atoms with E-state index in [1.807, 2.05) is 13.1 Å². The molecular formula is C13H16N2O3S2. The van der Waals surface area contributed by atoms with Crippen molar-refractivity contribution in [3.63, 3.8) is 0 Å². The third-order valence-electron chi connectivity index (χ3n) is 2.71. The first-order chi connectivity index (χ1) is 9.51. The maximum Gasteiger partial charge on any atom is 0.180 e. The third kappa shape index (κ3) is 3.78. The number of anilines is 1. The first-order valence-electron chi connectivity index (χ1n) is 6.10. The molecule has 0 aliphatic rings. The molecule has 0 atom stereocenters. The monoisotopic (exact) mass is 312 g/mol. The molecule has 1 aromatic heterocycles. The molecule has 7 heteroatoms. The van der Waals surface area contributed by atoms with E-state index >= 15 is 0 Å². The first-order valence-corrected chi connectivity index (χ1v) is 8.57. The van der Waals surface area contributed by atoms with Gasteiger partial charge in [0.1, 0.15) is 0 Å². The average Bonchev–Trinajstić information content (AvgIpc) is 2.83. The van der Waals surface area contributed by atoms with Crippen LogP contribution < -0.4 is 5.32 Å². The summed E-state index contributed by atoms with van der Waals surface area (Å²) in [6, 6.07) is 6.53. The second-order valence-electron chi connectivity index (χ2n) is 4.27. The molecule has 2 rings (SSSR count). The van der Waals surface area contributed by atoms with Crippen LogP contribution >= 0.6 is 11.3 Å². The van der Waals surface area contributed by atoms with Gasteiger partial charge in [-0.25, -0.2) is 13.4 Å². The Morgan fingerprint density at radius 1 is 1.30 bits per heavy atom. The number of nitrogens with one attached hydrogen (secondary N) is 1. The zero-order chi connectivity index (χ0) is 14.6. The molecule has 1 aromatic carbocycles. The Bertz CT molecular complexity index is 663. The van der Waals surface area contributed by atoms with E-state index < -0.39 is 9.84 Å². The van der Waals surface area contributed by atoms with Gasteiger partial charge in [-0.15, -0.1) is 11.3 Å². The normalized spacial score (nSPS) is 11.5. The van der Waals surface area contributed by atoms with Crippen LogP contribution in [0.5, 0.6) is 0 Å². The average molecular weight is 312 g/mol. The van der Waals surface area contributed by atoms with Gasteiger partial charge in [-0.2, -0.15) is 0 Å². The molecule has 2 N–H and O–H groups in total. The topological polar surface area (TPSA) is 79.3 Å². The Morgan fingerprint density at radius 3 is 2.55 bits per heavy atom. The molecule has 0 radical (unpaired) electrons. The highest BCUT2D eigenvalue weighted by Crippen LogP contribution is 2.17. The van der Waals surface area contributed by atoms with E-state index in [1.54, 1.807) is 35.6 Å². The van der Waals surface area contributed by atoms with Gasteiger partial charge in [-0.3, -0.25) is 0 Å². The smallest absolute Gasteiger partial charge is 0.180 e. The molecule has 1 heterocycles. The molecule has 0 spiro atoms. The predicted octanol–water partition coefficient (Wildman–Crippen LogP) is 1.83. The molecule has 0 saturated carbocycles. The van der Waals surface area contributed by atoms with E-state index in [0.717, 1.165) is 15.6 Å². The standard InChI is InChI=1S/C13H16N2O3S2/c1-10-14-8-12(19-10)9-15-11-2-4-13(5-3-11)20(17,18)7-6-16/h2-5,8,15-16H,6-7,9H2,1H3. The zero-order valence-corrected chi connectivity index (χ0v) is 12.7. The van der Waals surface area contributed by atoms with Crippen LogP contribution in [-0.2, 0) is 16.4 Å². The van der Waals surface area contributed by atoms with Crippen molar-refractivity contribution in [1.29, 1.82) is 0 Å². The molecule has 5 nitrogen and oxygen atoms in total. The molecule has 0 fully saturated rings. The third-order valence-corrected chi connectivity index (χ3v) is 5.33. The Hall–Kier alpha value is -1.44. The SMILES string of the molecule is Cc1ncc(CNc2ccc(S(=O)(=O)CCO)cc2)s1. The van der Waals surface area contributed by atoms with Crippen molar-refractivity contribution in [3.05, 3.63) is 40.3 Å². The van der Waals surface area contributed by atoms with Gasteiger partial charge in [-0.1, -0.05) is 0 Å². The Kier molecular flexibility index (Phi) is 4.74. The molecule has 0 bridgehead atoms. The number of benzene rings is 1. The molecular weight excluding hydrogens is 296 g/mol. The summed E-state index contributed by atoms with van der Waals surface area (Å²) in [6.07, 6.45) is 1.83. The van der Waals surface area contributed by atoms with Crippen molar-refractivity contribution in [2.75, 3.05) is 17.7 Å². The minimum atomic E-state index is -3.38. The lowest BCUT2D eigenvalue weighted by Gasteiger charge is -2.06.